The van der Waals surface area contributed by atoms with Crippen molar-refractivity contribution in [3.05, 3.63) is 0 Å². The number of nitrogens with zero attached hydrogens (tertiary/aromatic N) is 1. The Morgan fingerprint density at radius 1 is 1.12 bits per heavy atom. The molecule has 0 bridgehead atoms. The monoisotopic (exact) mass is 471 g/mol. The summed E-state index contributed by atoms with van der Waals surface area (Å²) in [7, 11) is 0. The maximum Gasteiger partial charge on any atom is 0.326 e. The third-order valence-corrected chi connectivity index (χ3v) is 5.55. The molecule has 1 aliphatic heterocycles. The van der Waals surface area contributed by atoms with Crippen LogP contribution in [0.3, 0.4) is 0 Å². The highest BCUT2D eigenvalue weighted by molar-refractivity contribution is 5.94. The Labute approximate surface area is 193 Å². The van der Waals surface area contributed by atoms with Gasteiger partial charge in [0.05, 0.1) is 12.6 Å². The number of amides is 3. The van der Waals surface area contributed by atoms with E-state index in [1.54, 1.807) is 6.92 Å². The lowest BCUT2D eigenvalue weighted by atomic mass is 9.97. The molecule has 5 unspecified atom stereocenters. The Balaban J connectivity index is 2.79. The highest BCUT2D eigenvalue weighted by Crippen LogP contribution is 2.10. The average molecular weight is 472 g/mol. The number of carboxylic acids is 1. The van der Waals surface area contributed by atoms with Crippen LogP contribution < -0.4 is 32.7 Å². The van der Waals surface area contributed by atoms with E-state index in [4.69, 9.17) is 11.5 Å². The van der Waals surface area contributed by atoms with E-state index in [2.05, 4.69) is 26.3 Å². The minimum Gasteiger partial charge on any atom is -0.480 e. The number of nitrogens with one attached hydrogen (secondary N) is 4. The maximum atomic E-state index is 12.9. The van der Waals surface area contributed by atoms with Crippen LogP contribution in [0.25, 0.3) is 0 Å². The van der Waals surface area contributed by atoms with Crippen molar-refractivity contribution >= 4 is 29.7 Å². The summed E-state index contributed by atoms with van der Waals surface area (Å²) < 4.78 is 0. The second kappa shape index (κ2) is 14.3. The topological polar surface area (TPSA) is 221 Å². The van der Waals surface area contributed by atoms with E-state index in [1.807, 2.05) is 6.92 Å². The molecule has 0 spiro atoms. The van der Waals surface area contributed by atoms with Crippen molar-refractivity contribution in [3.63, 3.8) is 0 Å². The molecule has 0 radical (unpaired) electrons. The molecular weight excluding hydrogens is 434 g/mol. The van der Waals surface area contributed by atoms with Crippen LogP contribution in [0.1, 0.15) is 46.0 Å². The van der Waals surface area contributed by atoms with Gasteiger partial charge in [0.25, 0.3) is 0 Å². The zero-order chi connectivity index (χ0) is 25.0. The summed E-state index contributed by atoms with van der Waals surface area (Å²) in [6.07, 6.45) is 2.39. The Morgan fingerprint density at radius 2 is 1.82 bits per heavy atom. The second-order valence-corrected chi connectivity index (χ2v) is 8.11. The first-order valence-corrected chi connectivity index (χ1v) is 11.1. The van der Waals surface area contributed by atoms with Crippen molar-refractivity contribution in [1.29, 1.82) is 0 Å². The number of carboxylic acid groups (broad SMARTS) is 1. The smallest absolute Gasteiger partial charge is 0.326 e. The number of aliphatic hydroxyl groups is 1. The van der Waals surface area contributed by atoms with Crippen molar-refractivity contribution in [2.45, 2.75) is 70.1 Å². The van der Waals surface area contributed by atoms with Gasteiger partial charge in [-0.15, -0.1) is 0 Å². The third kappa shape index (κ3) is 9.61. The molecule has 33 heavy (non-hydrogen) atoms. The van der Waals surface area contributed by atoms with E-state index in [1.165, 1.54) is 0 Å². The molecule has 0 aromatic rings. The van der Waals surface area contributed by atoms with E-state index >= 15 is 0 Å². The van der Waals surface area contributed by atoms with E-state index in [0.29, 0.717) is 25.8 Å². The number of guanidine groups is 1. The molecule has 0 saturated carbocycles. The van der Waals surface area contributed by atoms with Crippen LogP contribution in [-0.4, -0.2) is 83.7 Å². The van der Waals surface area contributed by atoms with E-state index < -0.39 is 54.5 Å². The quantitative estimate of drug-likeness (QED) is 0.0752. The number of carbonyl (C=O) groups excluding carboxylic acids is 3. The Morgan fingerprint density at radius 3 is 2.33 bits per heavy atom. The van der Waals surface area contributed by atoms with Gasteiger partial charge in [0.1, 0.15) is 18.1 Å². The van der Waals surface area contributed by atoms with Crippen molar-refractivity contribution < 1.29 is 29.4 Å². The molecule has 1 aliphatic rings. The lowest BCUT2D eigenvalue weighted by molar-refractivity contribution is -0.143. The number of aliphatic carboxylic acids is 1. The maximum absolute atomic E-state index is 12.9. The van der Waals surface area contributed by atoms with Gasteiger partial charge in [-0.05, 0) is 38.1 Å². The highest BCUT2D eigenvalue weighted by Gasteiger charge is 2.33. The molecule has 5 atom stereocenters. The zero-order valence-electron chi connectivity index (χ0n) is 19.2. The Bertz CT molecular complexity index is 707. The molecule has 10 N–H and O–H groups in total. The van der Waals surface area contributed by atoms with Crippen molar-refractivity contribution in [2.24, 2.45) is 22.4 Å². The van der Waals surface area contributed by atoms with Gasteiger partial charge in [-0.1, -0.05) is 20.3 Å². The fourth-order valence-corrected chi connectivity index (χ4v) is 3.35. The molecule has 3 amide bonds. The van der Waals surface area contributed by atoms with Crippen LogP contribution in [0, 0.1) is 5.92 Å². The van der Waals surface area contributed by atoms with Crippen LogP contribution in [0.5, 0.6) is 0 Å². The Kier molecular flexibility index (Phi) is 12.1. The highest BCUT2D eigenvalue weighted by atomic mass is 16.4. The van der Waals surface area contributed by atoms with Crippen molar-refractivity contribution in [1.82, 2.24) is 21.3 Å². The number of nitrogens with two attached hydrogens (primary N) is 2. The number of aliphatic hydroxyl groups excluding tert-OH is 1. The molecule has 1 rings (SSSR count). The molecule has 0 aromatic carbocycles. The molecule has 1 fully saturated rings. The normalized spacial score (nSPS) is 18.9. The fourth-order valence-electron chi connectivity index (χ4n) is 3.35. The van der Waals surface area contributed by atoms with Gasteiger partial charge in [0, 0.05) is 6.54 Å². The van der Waals surface area contributed by atoms with E-state index in [9.17, 15) is 29.4 Å². The third-order valence-electron chi connectivity index (χ3n) is 5.55. The fraction of sp³-hybridized carbons (Fsp3) is 0.750. The van der Waals surface area contributed by atoms with Gasteiger partial charge in [-0.3, -0.25) is 19.4 Å². The predicted molar refractivity (Wildman–Crippen MR) is 121 cm³/mol. The number of carbonyl (C=O) groups is 4. The summed E-state index contributed by atoms with van der Waals surface area (Å²) >= 11 is 0. The minimum absolute atomic E-state index is 0.0860. The summed E-state index contributed by atoms with van der Waals surface area (Å²) in [5, 5.41) is 29.5. The first kappa shape index (κ1) is 28.1. The Hall–Kier alpha value is -2.93. The van der Waals surface area contributed by atoms with Gasteiger partial charge in [-0.25, -0.2) is 4.79 Å². The van der Waals surface area contributed by atoms with Crippen LogP contribution in [0.4, 0.5) is 0 Å². The predicted octanol–water partition coefficient (Wildman–Crippen LogP) is -2.63. The summed E-state index contributed by atoms with van der Waals surface area (Å²) in [5.41, 5.74) is 10.5. The first-order chi connectivity index (χ1) is 15.6. The van der Waals surface area contributed by atoms with Gasteiger partial charge in [0.2, 0.25) is 17.7 Å². The molecule has 13 nitrogen and oxygen atoms in total. The second-order valence-electron chi connectivity index (χ2n) is 8.11. The number of rotatable bonds is 14. The molecule has 188 valence electrons. The van der Waals surface area contributed by atoms with Gasteiger partial charge >= 0.3 is 5.97 Å². The van der Waals surface area contributed by atoms with Crippen LogP contribution in [0.15, 0.2) is 4.99 Å². The van der Waals surface area contributed by atoms with Crippen LogP contribution in [-0.2, 0) is 19.2 Å². The standard InChI is InChI=1S/C20H37N7O6/c1-3-11(2)15(18(31)25-13(19(32)33)7-5-9-24-20(21)22)27-17(30)14(10-28)26-16(29)12-6-4-8-23-12/h11-15,23,28H,3-10H2,1-2H3,(H,25,31)(H,26,29)(H,27,30)(H,32,33)(H4,21,22,24). The summed E-state index contributed by atoms with van der Waals surface area (Å²) in [6.45, 7) is 3.80. The van der Waals surface area contributed by atoms with Crippen LogP contribution in [0.2, 0.25) is 0 Å². The molecule has 1 saturated heterocycles. The summed E-state index contributed by atoms with van der Waals surface area (Å²) in [5.74, 6) is -3.49. The van der Waals surface area contributed by atoms with Gasteiger partial charge in [0.15, 0.2) is 5.96 Å². The lowest BCUT2D eigenvalue weighted by Crippen LogP contribution is -2.59. The largest absolute Gasteiger partial charge is 0.480 e. The number of hydrogen-bond donors (Lipinski definition) is 8. The molecule has 1 heterocycles. The van der Waals surface area contributed by atoms with Gasteiger partial charge in [-0.2, -0.15) is 0 Å². The SMILES string of the molecule is CCC(C)C(NC(=O)C(CO)NC(=O)C1CCCN1)C(=O)NC(CCCN=C(N)N)C(=O)O. The van der Waals surface area contributed by atoms with Crippen molar-refractivity contribution in [3.8, 4) is 0 Å². The number of aliphatic imine (C=N–C) groups is 1. The molecule has 0 aliphatic carbocycles. The van der Waals surface area contributed by atoms with Crippen LogP contribution >= 0.6 is 0 Å². The summed E-state index contributed by atoms with van der Waals surface area (Å²) in [4.78, 5) is 53.2. The summed E-state index contributed by atoms with van der Waals surface area (Å²) in [6, 6.07) is -3.93. The number of hydrogen-bond acceptors (Lipinski definition) is 7. The van der Waals surface area contributed by atoms with E-state index in [-0.39, 0.29) is 24.8 Å². The minimum atomic E-state index is -1.24. The average Bonchev–Trinajstić information content (AvgIpc) is 3.31. The molecular formula is C20H37N7O6. The van der Waals surface area contributed by atoms with E-state index in [0.717, 1.165) is 6.42 Å². The van der Waals surface area contributed by atoms with Gasteiger partial charge < -0.3 is 42.9 Å². The zero-order valence-corrected chi connectivity index (χ0v) is 19.2. The van der Waals surface area contributed by atoms with Crippen molar-refractivity contribution in [2.75, 3.05) is 19.7 Å². The molecule has 0 aromatic heterocycles. The lowest BCUT2D eigenvalue weighted by Gasteiger charge is -2.27. The molecule has 13 heteroatoms. The first-order valence-electron chi connectivity index (χ1n) is 11.1.